The van der Waals surface area contributed by atoms with E-state index in [9.17, 15) is 18.0 Å². The Morgan fingerprint density at radius 2 is 1.69 bits per heavy atom. The molecule has 1 aliphatic rings. The zero-order valence-corrected chi connectivity index (χ0v) is 26.7. The summed E-state index contributed by atoms with van der Waals surface area (Å²) in [5, 5.41) is 3.13. The Hall–Kier alpha value is -3.37. The predicted octanol–water partition coefficient (Wildman–Crippen LogP) is 5.83. The molecule has 1 fully saturated rings. The molecule has 0 saturated heterocycles. The van der Waals surface area contributed by atoms with Crippen LogP contribution in [0.2, 0.25) is 0 Å². The van der Waals surface area contributed by atoms with Gasteiger partial charge in [-0.15, -0.1) is 0 Å². The lowest BCUT2D eigenvalue weighted by atomic mass is 10.1. The van der Waals surface area contributed by atoms with Gasteiger partial charge in [-0.1, -0.05) is 71.6 Å². The monoisotopic (exact) mass is 655 g/mol. The number of nitrogens with zero attached hydrogens (tertiary/aromatic N) is 2. The Morgan fingerprint density at radius 1 is 1.02 bits per heavy atom. The van der Waals surface area contributed by atoms with E-state index in [2.05, 4.69) is 21.2 Å². The third-order valence-corrected chi connectivity index (χ3v) is 9.86. The predicted molar refractivity (Wildman–Crippen MR) is 168 cm³/mol. The largest absolute Gasteiger partial charge is 0.497 e. The number of aryl methyl sites for hydroxylation is 1. The van der Waals surface area contributed by atoms with E-state index >= 15 is 0 Å². The van der Waals surface area contributed by atoms with Crippen molar-refractivity contribution in [3.63, 3.8) is 0 Å². The Bertz CT molecular complexity index is 1470. The summed E-state index contributed by atoms with van der Waals surface area (Å²) >= 11 is 3.43. The normalized spacial score (nSPS) is 14.3. The van der Waals surface area contributed by atoms with Gasteiger partial charge in [0.05, 0.1) is 17.7 Å². The molecule has 2 amide bonds. The average molecular weight is 657 g/mol. The Balaban J connectivity index is 1.71. The van der Waals surface area contributed by atoms with Crippen LogP contribution in [-0.4, -0.2) is 50.9 Å². The lowest BCUT2D eigenvalue weighted by Gasteiger charge is -2.34. The van der Waals surface area contributed by atoms with E-state index in [-0.39, 0.29) is 23.4 Å². The maximum absolute atomic E-state index is 14.2. The summed E-state index contributed by atoms with van der Waals surface area (Å²) < 4.78 is 35.1. The van der Waals surface area contributed by atoms with Crippen LogP contribution in [0.4, 0.5) is 5.69 Å². The number of carbonyl (C=O) groups excluding carboxylic acids is 2. The lowest BCUT2D eigenvalue weighted by Crippen LogP contribution is -2.53. The number of hydrogen-bond donors (Lipinski definition) is 1. The van der Waals surface area contributed by atoms with Crippen molar-refractivity contribution in [3.05, 3.63) is 88.4 Å². The molecule has 1 atom stereocenters. The number of halogens is 1. The van der Waals surface area contributed by atoms with Gasteiger partial charge in [0.1, 0.15) is 18.3 Å². The Morgan fingerprint density at radius 3 is 2.29 bits per heavy atom. The molecule has 0 heterocycles. The fraction of sp³-hybridized carbons (Fsp3) is 0.375. The first-order valence-corrected chi connectivity index (χ1v) is 16.4. The van der Waals surface area contributed by atoms with E-state index < -0.39 is 28.5 Å². The highest BCUT2D eigenvalue weighted by molar-refractivity contribution is 9.10. The van der Waals surface area contributed by atoms with Gasteiger partial charge in [0.25, 0.3) is 10.0 Å². The molecule has 0 aromatic heterocycles. The molecular weight excluding hydrogens is 618 g/mol. The van der Waals surface area contributed by atoms with Crippen molar-refractivity contribution in [3.8, 4) is 5.75 Å². The van der Waals surface area contributed by atoms with Crippen LogP contribution in [0, 0.1) is 6.92 Å². The number of amides is 2. The number of ether oxygens (including phenoxy) is 1. The van der Waals surface area contributed by atoms with Gasteiger partial charge in [0.15, 0.2) is 0 Å². The highest BCUT2D eigenvalue weighted by Crippen LogP contribution is 2.28. The topological polar surface area (TPSA) is 96.0 Å². The molecule has 0 aliphatic heterocycles. The minimum atomic E-state index is -4.12. The van der Waals surface area contributed by atoms with Crippen molar-refractivity contribution < 1.29 is 22.7 Å². The Kier molecular flexibility index (Phi) is 10.7. The molecule has 0 spiro atoms. The summed E-state index contributed by atoms with van der Waals surface area (Å²) in [5.41, 5.74) is 2.06. The van der Waals surface area contributed by atoms with Gasteiger partial charge in [0.2, 0.25) is 11.8 Å². The molecule has 3 aromatic rings. The molecule has 0 bridgehead atoms. The smallest absolute Gasteiger partial charge is 0.264 e. The zero-order chi connectivity index (χ0) is 30.3. The van der Waals surface area contributed by atoms with Crippen LogP contribution in [0.15, 0.2) is 82.2 Å². The number of carbonyl (C=O) groups is 2. The van der Waals surface area contributed by atoms with Crippen LogP contribution in [0.1, 0.15) is 50.2 Å². The molecule has 0 radical (unpaired) electrons. The number of nitrogens with one attached hydrogen (secondary N) is 1. The highest BCUT2D eigenvalue weighted by Gasteiger charge is 2.34. The summed E-state index contributed by atoms with van der Waals surface area (Å²) in [4.78, 5) is 29.4. The number of sulfonamides is 1. The average Bonchev–Trinajstić information content (AvgIpc) is 3.49. The van der Waals surface area contributed by atoms with E-state index in [4.69, 9.17) is 4.74 Å². The van der Waals surface area contributed by atoms with Crippen molar-refractivity contribution in [2.24, 2.45) is 0 Å². The number of rotatable bonds is 12. The van der Waals surface area contributed by atoms with E-state index in [1.54, 1.807) is 67.8 Å². The molecule has 0 unspecified atom stereocenters. The van der Waals surface area contributed by atoms with Crippen LogP contribution in [0.25, 0.3) is 0 Å². The van der Waals surface area contributed by atoms with Gasteiger partial charge in [-0.3, -0.25) is 13.9 Å². The summed E-state index contributed by atoms with van der Waals surface area (Å²) in [6, 6.07) is 20.0. The summed E-state index contributed by atoms with van der Waals surface area (Å²) in [5.74, 6) is -0.0239. The van der Waals surface area contributed by atoms with Gasteiger partial charge in [-0.05, 0) is 74.2 Å². The lowest BCUT2D eigenvalue weighted by molar-refractivity contribution is -0.140. The van der Waals surface area contributed by atoms with E-state index in [0.29, 0.717) is 22.3 Å². The van der Waals surface area contributed by atoms with Gasteiger partial charge in [0, 0.05) is 17.1 Å². The standard InChI is InChI=1S/C32H38BrN3O5S/c1-4-30(32(38)34-26-9-5-6-10-26)35(21-24-14-16-28(41-3)17-15-24)31(37)22-36(27-11-7-8-25(33)20-27)42(39,40)29-18-12-23(2)13-19-29/h7-8,11-20,26,30H,4-6,9-10,21-22H2,1-3H3,(H,34,38)/t30-/m1/s1. The first-order valence-electron chi connectivity index (χ1n) is 14.2. The molecule has 224 valence electrons. The van der Waals surface area contributed by atoms with Crippen molar-refractivity contribution in [1.82, 2.24) is 10.2 Å². The molecule has 10 heteroatoms. The Labute approximate surface area is 257 Å². The molecule has 8 nitrogen and oxygen atoms in total. The fourth-order valence-electron chi connectivity index (χ4n) is 5.21. The minimum Gasteiger partial charge on any atom is -0.497 e. The van der Waals surface area contributed by atoms with Gasteiger partial charge >= 0.3 is 0 Å². The van der Waals surface area contributed by atoms with Crippen molar-refractivity contribution in [2.75, 3.05) is 18.0 Å². The number of benzene rings is 3. The second-order valence-electron chi connectivity index (χ2n) is 10.6. The van der Waals surface area contributed by atoms with Crippen molar-refractivity contribution >= 4 is 43.5 Å². The van der Waals surface area contributed by atoms with Gasteiger partial charge < -0.3 is 15.0 Å². The highest BCUT2D eigenvalue weighted by atomic mass is 79.9. The van der Waals surface area contributed by atoms with E-state index in [0.717, 1.165) is 41.1 Å². The van der Waals surface area contributed by atoms with Gasteiger partial charge in [-0.25, -0.2) is 8.42 Å². The molecular formula is C32H38BrN3O5S. The third kappa shape index (κ3) is 7.72. The first kappa shape index (κ1) is 31.6. The maximum Gasteiger partial charge on any atom is 0.264 e. The van der Waals surface area contributed by atoms with E-state index in [1.165, 1.54) is 4.90 Å². The third-order valence-electron chi connectivity index (χ3n) is 7.58. The van der Waals surface area contributed by atoms with Crippen molar-refractivity contribution in [1.29, 1.82) is 0 Å². The quantitative estimate of drug-likeness (QED) is 0.265. The summed E-state index contributed by atoms with van der Waals surface area (Å²) in [7, 11) is -2.54. The van der Waals surface area contributed by atoms with Crippen LogP contribution < -0.4 is 14.4 Å². The number of hydrogen-bond acceptors (Lipinski definition) is 5. The number of methoxy groups -OCH3 is 1. The second kappa shape index (κ2) is 14.2. The molecule has 4 rings (SSSR count). The second-order valence-corrected chi connectivity index (χ2v) is 13.4. The van der Waals surface area contributed by atoms with Crippen molar-refractivity contribution in [2.45, 2.75) is 69.5 Å². The maximum atomic E-state index is 14.2. The van der Waals surface area contributed by atoms with Crippen LogP contribution >= 0.6 is 15.9 Å². The van der Waals surface area contributed by atoms with Crippen LogP contribution in [0.3, 0.4) is 0 Å². The molecule has 1 N–H and O–H groups in total. The summed E-state index contributed by atoms with van der Waals surface area (Å²) in [6.07, 6.45) is 4.34. The SMILES string of the molecule is CC[C@H](C(=O)NC1CCCC1)N(Cc1ccc(OC)cc1)C(=O)CN(c1cccc(Br)c1)S(=O)(=O)c1ccc(C)cc1. The molecule has 3 aromatic carbocycles. The first-order chi connectivity index (χ1) is 20.1. The van der Waals surface area contributed by atoms with Crippen LogP contribution in [-0.2, 0) is 26.2 Å². The molecule has 1 aliphatic carbocycles. The zero-order valence-electron chi connectivity index (χ0n) is 24.3. The number of anilines is 1. The van der Waals surface area contributed by atoms with Gasteiger partial charge in [-0.2, -0.15) is 0 Å². The summed E-state index contributed by atoms with van der Waals surface area (Å²) in [6.45, 7) is 3.40. The molecule has 42 heavy (non-hydrogen) atoms. The minimum absolute atomic E-state index is 0.0774. The molecule has 1 saturated carbocycles. The fourth-order valence-corrected chi connectivity index (χ4v) is 7.01. The van der Waals surface area contributed by atoms with Crippen LogP contribution in [0.5, 0.6) is 5.75 Å². The van der Waals surface area contributed by atoms with E-state index in [1.807, 2.05) is 26.0 Å².